The molecule has 3 heterocycles. The van der Waals surface area contributed by atoms with Gasteiger partial charge in [0.2, 0.25) is 5.91 Å². The Balaban J connectivity index is 1.36. The number of carbonyl (C=O) groups excluding carboxylic acids is 1. The van der Waals surface area contributed by atoms with Gasteiger partial charge < -0.3 is 15.2 Å². The number of benzene rings is 1. The summed E-state index contributed by atoms with van der Waals surface area (Å²) < 4.78 is 0. The number of thioether (sulfide) groups is 1. The molecule has 3 unspecified atom stereocenters. The van der Waals surface area contributed by atoms with Crippen LogP contribution in [-0.2, 0) is 4.79 Å². The second kappa shape index (κ2) is 8.23. The van der Waals surface area contributed by atoms with E-state index in [0.29, 0.717) is 5.75 Å². The number of fused-ring (bicyclic) bond motifs is 3. The van der Waals surface area contributed by atoms with Gasteiger partial charge in [0, 0.05) is 23.5 Å². The molecule has 28 heavy (non-hydrogen) atoms. The van der Waals surface area contributed by atoms with E-state index in [1.165, 1.54) is 17.3 Å². The molecule has 3 aliphatic heterocycles. The molecule has 0 aromatic heterocycles. The third kappa shape index (κ3) is 3.94. The van der Waals surface area contributed by atoms with Crippen molar-refractivity contribution in [3.8, 4) is 0 Å². The van der Waals surface area contributed by atoms with Crippen molar-refractivity contribution in [2.75, 3.05) is 5.75 Å². The van der Waals surface area contributed by atoms with E-state index in [1.807, 2.05) is 31.5 Å². The number of hydrogen-bond acceptors (Lipinski definition) is 7. The van der Waals surface area contributed by atoms with Crippen LogP contribution in [0.5, 0.6) is 0 Å². The SMILES string of the molecule is CC[C@@H](C)NC(=O)CSC1=NNC2C3CC(c4ccc(Cl)cc4)NN3C=CN12. The van der Waals surface area contributed by atoms with E-state index < -0.39 is 0 Å². The van der Waals surface area contributed by atoms with Gasteiger partial charge in [-0.1, -0.05) is 42.4 Å². The fraction of sp³-hybridized carbons (Fsp3) is 0.474. The van der Waals surface area contributed by atoms with Crippen LogP contribution in [0, 0.1) is 0 Å². The predicted molar refractivity (Wildman–Crippen MR) is 113 cm³/mol. The molecule has 0 radical (unpaired) electrons. The second-order valence-electron chi connectivity index (χ2n) is 7.28. The Labute approximate surface area is 174 Å². The molecule has 150 valence electrons. The summed E-state index contributed by atoms with van der Waals surface area (Å²) >= 11 is 7.47. The van der Waals surface area contributed by atoms with Crippen molar-refractivity contribution >= 4 is 34.4 Å². The van der Waals surface area contributed by atoms with Crippen LogP contribution in [0.4, 0.5) is 0 Å². The molecule has 3 aliphatic rings. The molecule has 0 bridgehead atoms. The molecule has 9 heteroatoms. The Morgan fingerprint density at radius 3 is 2.93 bits per heavy atom. The lowest BCUT2D eigenvalue weighted by Crippen LogP contribution is -2.54. The summed E-state index contributed by atoms with van der Waals surface area (Å²) in [6.07, 6.45) is 5.97. The van der Waals surface area contributed by atoms with Crippen molar-refractivity contribution < 1.29 is 4.79 Å². The van der Waals surface area contributed by atoms with Crippen molar-refractivity contribution in [3.63, 3.8) is 0 Å². The van der Waals surface area contributed by atoms with E-state index in [4.69, 9.17) is 11.6 Å². The van der Waals surface area contributed by atoms with Crippen molar-refractivity contribution in [2.45, 2.75) is 51.0 Å². The van der Waals surface area contributed by atoms with E-state index in [9.17, 15) is 4.79 Å². The number of hydrazone groups is 1. The van der Waals surface area contributed by atoms with Crippen LogP contribution in [-0.4, -0.2) is 45.0 Å². The summed E-state index contributed by atoms with van der Waals surface area (Å²) in [5.41, 5.74) is 8.01. The van der Waals surface area contributed by atoms with Crippen LogP contribution in [0.3, 0.4) is 0 Å². The Kier molecular flexibility index (Phi) is 5.70. The van der Waals surface area contributed by atoms with Crippen LogP contribution in [0.2, 0.25) is 5.02 Å². The monoisotopic (exact) mass is 420 g/mol. The van der Waals surface area contributed by atoms with E-state index >= 15 is 0 Å². The van der Waals surface area contributed by atoms with Crippen LogP contribution >= 0.6 is 23.4 Å². The van der Waals surface area contributed by atoms with E-state index in [-0.39, 0.29) is 30.2 Å². The van der Waals surface area contributed by atoms with Crippen LogP contribution < -0.4 is 16.2 Å². The fourth-order valence-corrected chi connectivity index (χ4v) is 4.52. The van der Waals surface area contributed by atoms with Gasteiger partial charge in [0.05, 0.1) is 17.8 Å². The topological polar surface area (TPSA) is 72.0 Å². The molecule has 3 N–H and O–H groups in total. The Bertz CT molecular complexity index is 785. The minimum absolute atomic E-state index is 0.0402. The van der Waals surface area contributed by atoms with E-state index in [2.05, 4.69) is 50.2 Å². The van der Waals surface area contributed by atoms with Gasteiger partial charge in [0.15, 0.2) is 5.17 Å². The summed E-state index contributed by atoms with van der Waals surface area (Å²) in [6, 6.07) is 8.64. The number of halogens is 1. The zero-order chi connectivity index (χ0) is 19.7. The minimum atomic E-state index is 0.0402. The number of nitrogens with one attached hydrogen (secondary N) is 3. The average Bonchev–Trinajstić information content (AvgIpc) is 3.30. The predicted octanol–water partition coefficient (Wildman–Crippen LogP) is 2.60. The molecule has 1 saturated heterocycles. The molecule has 1 amide bonds. The molecule has 4 rings (SSSR count). The van der Waals surface area contributed by atoms with Gasteiger partial charge in [-0.25, -0.2) is 5.43 Å². The van der Waals surface area contributed by atoms with Gasteiger partial charge in [-0.15, -0.1) is 0 Å². The maximum absolute atomic E-state index is 12.1. The van der Waals surface area contributed by atoms with Crippen molar-refractivity contribution in [1.29, 1.82) is 0 Å². The lowest BCUT2D eigenvalue weighted by atomic mass is 10.00. The van der Waals surface area contributed by atoms with Gasteiger partial charge in [-0.2, -0.15) is 5.10 Å². The van der Waals surface area contributed by atoms with Crippen molar-refractivity contribution in [2.24, 2.45) is 5.10 Å². The molecule has 0 spiro atoms. The van der Waals surface area contributed by atoms with Crippen molar-refractivity contribution in [3.05, 3.63) is 47.3 Å². The first-order chi connectivity index (χ1) is 13.5. The van der Waals surface area contributed by atoms with Gasteiger partial charge in [-0.05, 0) is 37.5 Å². The first-order valence-corrected chi connectivity index (χ1v) is 10.9. The minimum Gasteiger partial charge on any atom is -0.353 e. The maximum Gasteiger partial charge on any atom is 0.230 e. The number of nitrogens with zero attached hydrogens (tertiary/aromatic N) is 3. The zero-order valence-electron chi connectivity index (χ0n) is 15.9. The Hall–Kier alpha value is -1.90. The van der Waals surface area contributed by atoms with Gasteiger partial charge >= 0.3 is 0 Å². The van der Waals surface area contributed by atoms with Gasteiger partial charge in [0.1, 0.15) is 6.17 Å². The molecule has 0 saturated carbocycles. The average molecular weight is 421 g/mol. The number of amides is 1. The summed E-state index contributed by atoms with van der Waals surface area (Å²) in [6.45, 7) is 4.07. The lowest BCUT2D eigenvalue weighted by molar-refractivity contribution is -0.119. The highest BCUT2D eigenvalue weighted by Gasteiger charge is 2.44. The van der Waals surface area contributed by atoms with E-state index in [0.717, 1.165) is 23.0 Å². The molecule has 1 aromatic rings. The summed E-state index contributed by atoms with van der Waals surface area (Å²) in [7, 11) is 0. The highest BCUT2D eigenvalue weighted by Crippen LogP contribution is 2.35. The molecule has 1 fully saturated rings. The van der Waals surface area contributed by atoms with Crippen LogP contribution in [0.1, 0.15) is 38.3 Å². The number of amidine groups is 1. The second-order valence-corrected chi connectivity index (χ2v) is 8.66. The first kappa shape index (κ1) is 19.4. The molecule has 0 aliphatic carbocycles. The Morgan fingerprint density at radius 2 is 2.18 bits per heavy atom. The highest BCUT2D eigenvalue weighted by atomic mass is 35.5. The zero-order valence-corrected chi connectivity index (χ0v) is 17.5. The third-order valence-corrected chi connectivity index (χ3v) is 6.55. The lowest BCUT2D eigenvalue weighted by Gasteiger charge is -2.36. The van der Waals surface area contributed by atoms with Crippen LogP contribution in [0.25, 0.3) is 0 Å². The quantitative estimate of drug-likeness (QED) is 0.680. The third-order valence-electron chi connectivity index (χ3n) is 5.33. The number of hydrazine groups is 1. The highest BCUT2D eigenvalue weighted by molar-refractivity contribution is 8.14. The first-order valence-electron chi connectivity index (χ1n) is 9.57. The van der Waals surface area contributed by atoms with Crippen molar-refractivity contribution in [1.82, 2.24) is 26.1 Å². The van der Waals surface area contributed by atoms with Crippen LogP contribution in [0.15, 0.2) is 41.8 Å². The summed E-state index contributed by atoms with van der Waals surface area (Å²) in [5.74, 6) is 0.403. The number of hydrogen-bond donors (Lipinski definition) is 3. The molecular weight excluding hydrogens is 396 g/mol. The molecule has 4 atom stereocenters. The summed E-state index contributed by atoms with van der Waals surface area (Å²) in [4.78, 5) is 14.2. The normalized spacial score (nSPS) is 26.4. The molecular formula is C19H25ClN6OS. The van der Waals surface area contributed by atoms with Gasteiger partial charge in [-0.3, -0.25) is 10.2 Å². The number of rotatable bonds is 5. The fourth-order valence-electron chi connectivity index (χ4n) is 3.61. The van der Waals surface area contributed by atoms with E-state index in [1.54, 1.807) is 0 Å². The standard InChI is InChI=1S/C19H25ClN6OS/c1-3-12(2)21-17(27)11-28-19-23-22-18-16-10-15(13-4-6-14(20)7-5-13)24-26(16)9-8-25(18)19/h4-9,12,15-16,18,22,24H,3,10-11H2,1-2H3,(H,21,27)/t12-,15?,16?,18?/m1/s1. The summed E-state index contributed by atoms with van der Waals surface area (Å²) in [5, 5.41) is 11.2. The maximum atomic E-state index is 12.1. The largest absolute Gasteiger partial charge is 0.353 e. The molecule has 1 aromatic carbocycles. The van der Waals surface area contributed by atoms with Gasteiger partial charge in [0.25, 0.3) is 0 Å². The number of carbonyl (C=O) groups is 1. The Morgan fingerprint density at radius 1 is 1.39 bits per heavy atom. The smallest absolute Gasteiger partial charge is 0.230 e. The molecule has 7 nitrogen and oxygen atoms in total.